The lowest BCUT2D eigenvalue weighted by atomic mass is 10.0. The molecule has 0 radical (unpaired) electrons. The average Bonchev–Trinajstić information content (AvgIpc) is 2.51. The number of benzene rings is 1. The first-order valence-electron chi connectivity index (χ1n) is 8.03. The molecule has 0 bridgehead atoms. The smallest absolute Gasteiger partial charge is 0.193 e. The van der Waals surface area contributed by atoms with Gasteiger partial charge in [-0.25, -0.2) is 0 Å². The van der Waals surface area contributed by atoms with Gasteiger partial charge in [-0.05, 0) is 37.5 Å². The molecule has 0 amide bonds. The van der Waals surface area contributed by atoms with Crippen molar-refractivity contribution in [2.75, 3.05) is 33.7 Å². The summed E-state index contributed by atoms with van der Waals surface area (Å²) in [4.78, 5) is 9.13. The fraction of sp³-hybridized carbons (Fsp3) is 0.588. The summed E-state index contributed by atoms with van der Waals surface area (Å²) < 4.78 is 1.14. The van der Waals surface area contributed by atoms with E-state index in [0.717, 1.165) is 36.6 Å². The first-order valence-corrected chi connectivity index (χ1v) is 8.83. The molecule has 1 aromatic rings. The average molecular weight is 495 g/mol. The van der Waals surface area contributed by atoms with Crippen molar-refractivity contribution in [2.45, 2.75) is 32.4 Å². The van der Waals surface area contributed by atoms with E-state index in [0.29, 0.717) is 6.04 Å². The highest BCUT2D eigenvalue weighted by Crippen LogP contribution is 2.16. The van der Waals surface area contributed by atoms with Gasteiger partial charge in [-0.15, -0.1) is 24.0 Å². The zero-order valence-electron chi connectivity index (χ0n) is 14.3. The van der Waals surface area contributed by atoms with Gasteiger partial charge in [-0.2, -0.15) is 0 Å². The largest absolute Gasteiger partial charge is 0.353 e. The number of aliphatic imine (C=N–C) groups is 1. The number of nitrogens with zero attached hydrogens (tertiary/aromatic N) is 3. The van der Waals surface area contributed by atoms with Crippen LogP contribution in [0.2, 0.25) is 0 Å². The Morgan fingerprint density at radius 2 is 1.87 bits per heavy atom. The minimum absolute atomic E-state index is 0. The van der Waals surface area contributed by atoms with Crippen LogP contribution in [-0.2, 0) is 6.54 Å². The molecule has 1 fully saturated rings. The molecule has 0 unspecified atom stereocenters. The summed E-state index contributed by atoms with van der Waals surface area (Å²) in [6, 6.07) is 9.18. The summed E-state index contributed by atoms with van der Waals surface area (Å²) in [6.07, 6.45) is 2.35. The first-order chi connectivity index (χ1) is 10.6. The molecule has 0 spiro atoms. The molecule has 1 saturated heterocycles. The van der Waals surface area contributed by atoms with E-state index in [-0.39, 0.29) is 24.0 Å². The number of nitrogens with one attached hydrogen (secondary N) is 1. The van der Waals surface area contributed by atoms with Gasteiger partial charge in [0.05, 0.1) is 0 Å². The summed E-state index contributed by atoms with van der Waals surface area (Å²) in [5.41, 5.74) is 1.39. The molecule has 1 heterocycles. The van der Waals surface area contributed by atoms with E-state index < -0.39 is 0 Å². The SMILES string of the molecule is CCN=C(NC1CCN(Cc2ccc(Br)cc2)CC1)N(C)C.I. The lowest BCUT2D eigenvalue weighted by Crippen LogP contribution is -2.48. The van der Waals surface area contributed by atoms with Gasteiger partial charge in [0.1, 0.15) is 0 Å². The van der Waals surface area contributed by atoms with Crippen LogP contribution in [0.1, 0.15) is 25.3 Å². The molecule has 4 nitrogen and oxygen atoms in total. The molecule has 0 aliphatic carbocycles. The number of guanidine groups is 1. The topological polar surface area (TPSA) is 30.9 Å². The van der Waals surface area contributed by atoms with E-state index in [4.69, 9.17) is 0 Å². The van der Waals surface area contributed by atoms with Crippen LogP contribution in [0.3, 0.4) is 0 Å². The Bertz CT molecular complexity index is 482. The van der Waals surface area contributed by atoms with Crippen LogP contribution in [0.5, 0.6) is 0 Å². The molecule has 0 atom stereocenters. The van der Waals surface area contributed by atoms with Crippen molar-refractivity contribution in [2.24, 2.45) is 4.99 Å². The van der Waals surface area contributed by atoms with E-state index in [2.05, 4.69) is 67.2 Å². The van der Waals surface area contributed by atoms with E-state index in [1.165, 1.54) is 18.4 Å². The minimum atomic E-state index is 0. The van der Waals surface area contributed by atoms with Gasteiger partial charge in [0.25, 0.3) is 0 Å². The summed E-state index contributed by atoms with van der Waals surface area (Å²) in [5, 5.41) is 3.59. The van der Waals surface area contributed by atoms with Crippen molar-refractivity contribution >= 4 is 45.9 Å². The lowest BCUT2D eigenvalue weighted by molar-refractivity contribution is 0.197. The summed E-state index contributed by atoms with van der Waals surface area (Å²) in [6.45, 7) is 6.22. The van der Waals surface area contributed by atoms with Gasteiger partial charge >= 0.3 is 0 Å². The highest BCUT2D eigenvalue weighted by molar-refractivity contribution is 14.0. The third kappa shape index (κ3) is 6.97. The maximum atomic E-state index is 4.53. The second kappa shape index (κ2) is 10.5. The van der Waals surface area contributed by atoms with Gasteiger partial charge < -0.3 is 10.2 Å². The number of hydrogen-bond acceptors (Lipinski definition) is 2. The Morgan fingerprint density at radius 1 is 1.26 bits per heavy atom. The molecule has 23 heavy (non-hydrogen) atoms. The van der Waals surface area contributed by atoms with Crippen LogP contribution in [-0.4, -0.2) is 55.5 Å². The Labute approximate surface area is 165 Å². The van der Waals surface area contributed by atoms with Crippen molar-refractivity contribution in [3.63, 3.8) is 0 Å². The van der Waals surface area contributed by atoms with E-state index in [1.54, 1.807) is 0 Å². The quantitative estimate of drug-likeness (QED) is 0.394. The Morgan fingerprint density at radius 3 is 2.39 bits per heavy atom. The zero-order valence-corrected chi connectivity index (χ0v) is 18.2. The van der Waals surface area contributed by atoms with Crippen molar-refractivity contribution in [3.05, 3.63) is 34.3 Å². The third-order valence-electron chi connectivity index (χ3n) is 3.97. The number of hydrogen-bond donors (Lipinski definition) is 1. The normalized spacial score (nSPS) is 16.8. The standard InChI is InChI=1S/C17H27BrN4.HI/c1-4-19-17(21(2)3)20-16-9-11-22(12-10-16)13-14-5-7-15(18)8-6-14;/h5-8,16H,4,9-13H2,1-3H3,(H,19,20);1H. The molecule has 0 aromatic heterocycles. The van der Waals surface area contributed by atoms with Crippen molar-refractivity contribution < 1.29 is 0 Å². The van der Waals surface area contributed by atoms with E-state index in [9.17, 15) is 0 Å². The van der Waals surface area contributed by atoms with Gasteiger partial charge in [-0.3, -0.25) is 9.89 Å². The molecule has 2 rings (SSSR count). The van der Waals surface area contributed by atoms with E-state index in [1.807, 2.05) is 14.1 Å². The summed E-state index contributed by atoms with van der Waals surface area (Å²) in [7, 11) is 4.09. The van der Waals surface area contributed by atoms with Crippen molar-refractivity contribution in [1.82, 2.24) is 15.1 Å². The highest BCUT2D eigenvalue weighted by Gasteiger charge is 2.20. The second-order valence-electron chi connectivity index (χ2n) is 6.01. The monoisotopic (exact) mass is 494 g/mol. The number of likely N-dealkylation sites (tertiary alicyclic amines) is 1. The minimum Gasteiger partial charge on any atom is -0.353 e. The van der Waals surface area contributed by atoms with Crippen molar-refractivity contribution in [1.29, 1.82) is 0 Å². The number of piperidine rings is 1. The Balaban J connectivity index is 0.00000264. The molecule has 1 aromatic carbocycles. The predicted octanol–water partition coefficient (Wildman–Crippen LogP) is 3.56. The first kappa shape index (κ1) is 20.7. The fourth-order valence-corrected chi connectivity index (χ4v) is 3.00. The highest BCUT2D eigenvalue weighted by atomic mass is 127. The molecule has 1 aliphatic heterocycles. The van der Waals surface area contributed by atoms with Gasteiger partial charge in [-0.1, -0.05) is 28.1 Å². The van der Waals surface area contributed by atoms with Crippen molar-refractivity contribution in [3.8, 4) is 0 Å². The predicted molar refractivity (Wildman–Crippen MR) is 113 cm³/mol. The molecule has 6 heteroatoms. The van der Waals surface area contributed by atoms with E-state index >= 15 is 0 Å². The Hall–Kier alpha value is -0.340. The van der Waals surface area contributed by atoms with Gasteiger partial charge in [0.2, 0.25) is 0 Å². The number of rotatable bonds is 4. The van der Waals surface area contributed by atoms with Crippen LogP contribution in [0.15, 0.2) is 33.7 Å². The fourth-order valence-electron chi connectivity index (χ4n) is 2.73. The van der Waals surface area contributed by atoms with Gasteiger partial charge in [0, 0.05) is 50.8 Å². The van der Waals surface area contributed by atoms with Gasteiger partial charge in [0.15, 0.2) is 5.96 Å². The molecule has 130 valence electrons. The second-order valence-corrected chi connectivity index (χ2v) is 6.93. The molecule has 0 saturated carbocycles. The molecule has 1 N–H and O–H groups in total. The number of halogens is 2. The lowest BCUT2D eigenvalue weighted by Gasteiger charge is -2.34. The zero-order chi connectivity index (χ0) is 15.9. The maximum absolute atomic E-state index is 4.53. The third-order valence-corrected chi connectivity index (χ3v) is 4.50. The van der Waals surface area contributed by atoms with Crippen LogP contribution in [0.4, 0.5) is 0 Å². The summed E-state index contributed by atoms with van der Waals surface area (Å²) >= 11 is 3.49. The summed E-state index contributed by atoms with van der Waals surface area (Å²) in [5.74, 6) is 1.01. The molecular formula is C17H28BrIN4. The Kier molecular flexibility index (Phi) is 9.46. The van der Waals surface area contributed by atoms with Crippen LogP contribution in [0.25, 0.3) is 0 Å². The molecular weight excluding hydrogens is 467 g/mol. The van der Waals surface area contributed by atoms with Crippen LogP contribution < -0.4 is 5.32 Å². The molecule has 1 aliphatic rings. The maximum Gasteiger partial charge on any atom is 0.193 e. The van der Waals surface area contributed by atoms with Crippen LogP contribution >= 0.6 is 39.9 Å². The van der Waals surface area contributed by atoms with Crippen LogP contribution in [0, 0.1) is 0 Å².